The van der Waals surface area contributed by atoms with Gasteiger partial charge in [-0.1, -0.05) is 0 Å². The van der Waals surface area contributed by atoms with Gasteiger partial charge in [0.15, 0.2) is 5.79 Å². The number of carbonyl (C=O) groups excluding carboxylic acids is 1. The fraction of sp³-hybridized carbons (Fsp3) is 0.889. The van der Waals surface area contributed by atoms with E-state index in [2.05, 4.69) is 4.74 Å². The topological polar surface area (TPSA) is 54.0 Å². The van der Waals surface area contributed by atoms with E-state index in [4.69, 9.17) is 14.2 Å². The molecule has 0 amide bonds. The second-order valence-electron chi connectivity index (χ2n) is 3.44. The van der Waals surface area contributed by atoms with Gasteiger partial charge in [0, 0.05) is 0 Å². The van der Waals surface area contributed by atoms with Gasteiger partial charge < -0.3 is 18.9 Å². The molecule has 1 fully saturated rings. The van der Waals surface area contributed by atoms with Crippen molar-refractivity contribution in [2.75, 3.05) is 19.8 Å². The van der Waals surface area contributed by atoms with E-state index in [-0.39, 0.29) is 12.7 Å². The number of carbonyl (C=O) groups is 1. The lowest BCUT2D eigenvalue weighted by atomic mass is 10.4. The Morgan fingerprint density at radius 1 is 1.50 bits per heavy atom. The predicted molar refractivity (Wildman–Crippen MR) is 47.9 cm³/mol. The van der Waals surface area contributed by atoms with Crippen molar-refractivity contribution < 1.29 is 23.7 Å². The zero-order valence-electron chi connectivity index (χ0n) is 8.74. The van der Waals surface area contributed by atoms with Gasteiger partial charge in [0.25, 0.3) is 0 Å². The molecule has 1 atom stereocenters. The van der Waals surface area contributed by atoms with Gasteiger partial charge in [-0.15, -0.1) is 0 Å². The zero-order valence-corrected chi connectivity index (χ0v) is 8.74. The Morgan fingerprint density at radius 3 is 2.71 bits per heavy atom. The maximum absolute atomic E-state index is 10.8. The van der Waals surface area contributed by atoms with Gasteiger partial charge in [0.2, 0.25) is 0 Å². The lowest BCUT2D eigenvalue weighted by Gasteiger charge is -2.16. The standard InChI is InChI=1S/C9H16O5/c1-4-11-8(10)12-5-7-6-13-9(2,3)14-7/h7H,4-6H2,1-3H3. The quantitative estimate of drug-likeness (QED) is 0.649. The Hall–Kier alpha value is -0.810. The summed E-state index contributed by atoms with van der Waals surface area (Å²) in [4.78, 5) is 10.8. The van der Waals surface area contributed by atoms with Crippen molar-refractivity contribution in [1.29, 1.82) is 0 Å². The normalized spacial score (nSPS) is 24.6. The van der Waals surface area contributed by atoms with Crippen molar-refractivity contribution in [2.45, 2.75) is 32.7 Å². The molecule has 0 aromatic heterocycles. The first-order chi connectivity index (χ1) is 6.53. The summed E-state index contributed by atoms with van der Waals surface area (Å²) in [6.45, 7) is 6.27. The zero-order chi connectivity index (χ0) is 10.6. The predicted octanol–water partition coefficient (Wildman–Crippen LogP) is 1.31. The third-order valence-electron chi connectivity index (χ3n) is 1.72. The monoisotopic (exact) mass is 204 g/mol. The van der Waals surface area contributed by atoms with Crippen molar-refractivity contribution in [2.24, 2.45) is 0 Å². The van der Waals surface area contributed by atoms with Crippen molar-refractivity contribution >= 4 is 6.16 Å². The van der Waals surface area contributed by atoms with Gasteiger partial charge in [-0.2, -0.15) is 0 Å². The molecular weight excluding hydrogens is 188 g/mol. The maximum Gasteiger partial charge on any atom is 0.508 e. The van der Waals surface area contributed by atoms with Crippen LogP contribution in [0.2, 0.25) is 0 Å². The average Bonchev–Trinajstić information content (AvgIpc) is 2.43. The molecule has 5 heteroatoms. The van der Waals surface area contributed by atoms with Crippen molar-refractivity contribution in [1.82, 2.24) is 0 Å². The molecule has 0 aromatic rings. The van der Waals surface area contributed by atoms with E-state index in [1.54, 1.807) is 6.92 Å². The Bertz CT molecular complexity index is 201. The van der Waals surface area contributed by atoms with Crippen LogP contribution in [0.1, 0.15) is 20.8 Å². The van der Waals surface area contributed by atoms with Crippen LogP contribution in [0.5, 0.6) is 0 Å². The Kier molecular flexibility index (Phi) is 3.71. The number of rotatable bonds is 3. The molecule has 1 unspecified atom stereocenters. The molecule has 14 heavy (non-hydrogen) atoms. The first-order valence-electron chi connectivity index (χ1n) is 4.65. The molecule has 0 saturated carbocycles. The molecule has 0 aromatic carbocycles. The van der Waals surface area contributed by atoms with E-state index < -0.39 is 11.9 Å². The van der Waals surface area contributed by atoms with Gasteiger partial charge in [-0.25, -0.2) is 4.79 Å². The molecule has 0 bridgehead atoms. The van der Waals surface area contributed by atoms with Gasteiger partial charge >= 0.3 is 6.16 Å². The summed E-state index contributed by atoms with van der Waals surface area (Å²) in [6, 6.07) is 0. The molecule has 1 saturated heterocycles. The number of ether oxygens (including phenoxy) is 4. The molecule has 1 aliphatic heterocycles. The van der Waals surface area contributed by atoms with E-state index >= 15 is 0 Å². The minimum atomic E-state index is -0.666. The van der Waals surface area contributed by atoms with Crippen molar-refractivity contribution in [3.8, 4) is 0 Å². The van der Waals surface area contributed by atoms with Crippen LogP contribution in [0, 0.1) is 0 Å². The second-order valence-corrected chi connectivity index (χ2v) is 3.44. The summed E-state index contributed by atoms with van der Waals surface area (Å²) < 4.78 is 20.1. The van der Waals surface area contributed by atoms with Crippen LogP contribution in [0.25, 0.3) is 0 Å². The Morgan fingerprint density at radius 2 is 2.21 bits per heavy atom. The molecule has 0 spiro atoms. The van der Waals surface area contributed by atoms with Crippen LogP contribution in [-0.2, 0) is 18.9 Å². The third-order valence-corrected chi connectivity index (χ3v) is 1.72. The molecule has 82 valence electrons. The molecule has 0 aliphatic carbocycles. The first kappa shape index (κ1) is 11.3. The summed E-state index contributed by atoms with van der Waals surface area (Å²) in [7, 11) is 0. The summed E-state index contributed by atoms with van der Waals surface area (Å²) in [5.74, 6) is -0.581. The average molecular weight is 204 g/mol. The largest absolute Gasteiger partial charge is 0.508 e. The van der Waals surface area contributed by atoms with Gasteiger partial charge in [0.05, 0.1) is 13.2 Å². The van der Waals surface area contributed by atoms with Gasteiger partial charge in [-0.3, -0.25) is 0 Å². The Balaban J connectivity index is 2.17. The Labute approximate surface area is 83.3 Å². The molecule has 0 N–H and O–H groups in total. The fourth-order valence-electron chi connectivity index (χ4n) is 1.17. The number of hydrogen-bond donors (Lipinski definition) is 0. The molecule has 1 heterocycles. The smallest absolute Gasteiger partial charge is 0.435 e. The van der Waals surface area contributed by atoms with Crippen LogP contribution in [0.4, 0.5) is 4.79 Å². The van der Waals surface area contributed by atoms with Crippen LogP contribution < -0.4 is 0 Å². The highest BCUT2D eigenvalue weighted by Crippen LogP contribution is 2.22. The lowest BCUT2D eigenvalue weighted by molar-refractivity contribution is -0.143. The second kappa shape index (κ2) is 4.61. The first-order valence-corrected chi connectivity index (χ1v) is 4.65. The highest BCUT2D eigenvalue weighted by atomic mass is 16.8. The van der Waals surface area contributed by atoms with Crippen LogP contribution >= 0.6 is 0 Å². The van der Waals surface area contributed by atoms with E-state index in [1.807, 2.05) is 13.8 Å². The highest BCUT2D eigenvalue weighted by Gasteiger charge is 2.33. The summed E-state index contributed by atoms with van der Waals surface area (Å²) in [6.07, 6.45) is -0.866. The third kappa shape index (κ3) is 3.51. The lowest BCUT2D eigenvalue weighted by Crippen LogP contribution is -2.25. The molecule has 1 aliphatic rings. The van der Waals surface area contributed by atoms with Crippen LogP contribution in [0.3, 0.4) is 0 Å². The minimum Gasteiger partial charge on any atom is -0.435 e. The molecule has 1 rings (SSSR count). The van der Waals surface area contributed by atoms with Crippen molar-refractivity contribution in [3.05, 3.63) is 0 Å². The van der Waals surface area contributed by atoms with Crippen molar-refractivity contribution in [3.63, 3.8) is 0 Å². The van der Waals surface area contributed by atoms with Gasteiger partial charge in [-0.05, 0) is 20.8 Å². The molecule has 0 radical (unpaired) electrons. The maximum atomic E-state index is 10.8. The van der Waals surface area contributed by atoms with E-state index in [9.17, 15) is 4.79 Å². The SMILES string of the molecule is CCOC(=O)OCC1COC(C)(C)O1. The summed E-state index contributed by atoms with van der Waals surface area (Å²) in [5, 5.41) is 0. The van der Waals surface area contributed by atoms with E-state index in [1.165, 1.54) is 0 Å². The van der Waals surface area contributed by atoms with E-state index in [0.717, 1.165) is 0 Å². The number of hydrogen-bond acceptors (Lipinski definition) is 5. The molecular formula is C9H16O5. The summed E-state index contributed by atoms with van der Waals surface area (Å²) in [5.41, 5.74) is 0. The highest BCUT2D eigenvalue weighted by molar-refractivity contribution is 5.59. The van der Waals surface area contributed by atoms with Gasteiger partial charge in [0.1, 0.15) is 12.7 Å². The molecule has 5 nitrogen and oxygen atoms in total. The van der Waals surface area contributed by atoms with E-state index in [0.29, 0.717) is 13.2 Å². The van der Waals surface area contributed by atoms with Crippen LogP contribution in [-0.4, -0.2) is 37.9 Å². The summed E-state index contributed by atoms with van der Waals surface area (Å²) >= 11 is 0. The van der Waals surface area contributed by atoms with Crippen LogP contribution in [0.15, 0.2) is 0 Å². The minimum absolute atomic E-state index is 0.169. The fourth-order valence-corrected chi connectivity index (χ4v) is 1.17.